The third kappa shape index (κ3) is 5.16. The summed E-state index contributed by atoms with van der Waals surface area (Å²) in [7, 11) is -3.67. The number of nitrogens with one attached hydrogen (secondary N) is 1. The van der Waals surface area contributed by atoms with Gasteiger partial charge in [-0.1, -0.05) is 12.1 Å². The van der Waals surface area contributed by atoms with Gasteiger partial charge in [-0.25, -0.2) is 13.1 Å². The number of benzene rings is 1. The minimum absolute atomic E-state index is 0.106. The molecule has 2 heterocycles. The summed E-state index contributed by atoms with van der Waals surface area (Å²) in [6, 6.07) is 9.99. The smallest absolute Gasteiger partial charge is 0.253 e. The molecule has 0 atom stereocenters. The topological polar surface area (TPSA) is 75.7 Å². The maximum absolute atomic E-state index is 12.8. The number of amides is 1. The molecule has 1 aromatic carbocycles. The summed E-state index contributed by atoms with van der Waals surface area (Å²) in [5, 5.41) is 1.90. The van der Waals surface area contributed by atoms with Crippen molar-refractivity contribution in [3.8, 4) is 0 Å². The Hall–Kier alpha value is -1.74. The number of likely N-dealkylation sites (tertiary alicyclic amines) is 1. The van der Waals surface area contributed by atoms with E-state index in [1.165, 1.54) is 23.5 Å². The summed E-state index contributed by atoms with van der Waals surface area (Å²) in [6.45, 7) is 4.13. The quantitative estimate of drug-likeness (QED) is 0.764. The first-order valence-electron chi connectivity index (χ1n) is 9.02. The van der Waals surface area contributed by atoms with Crippen LogP contribution in [0.3, 0.4) is 0 Å². The van der Waals surface area contributed by atoms with Crippen LogP contribution in [0.15, 0.2) is 46.7 Å². The van der Waals surface area contributed by atoms with Crippen molar-refractivity contribution in [2.75, 3.05) is 19.7 Å². The lowest BCUT2D eigenvalue weighted by atomic mass is 10.1. The second kappa shape index (κ2) is 8.97. The number of ether oxygens (including phenoxy) is 1. The average molecular weight is 409 g/mol. The van der Waals surface area contributed by atoms with Crippen LogP contribution in [-0.2, 0) is 21.3 Å². The molecule has 2 aromatic rings. The van der Waals surface area contributed by atoms with Crippen molar-refractivity contribution in [2.24, 2.45) is 0 Å². The van der Waals surface area contributed by atoms with Crippen LogP contribution in [0.5, 0.6) is 0 Å². The number of sulfonamides is 1. The average Bonchev–Trinajstić information content (AvgIpc) is 3.21. The summed E-state index contributed by atoms with van der Waals surface area (Å²) in [5.41, 5.74) is 0.392. The van der Waals surface area contributed by atoms with Crippen molar-refractivity contribution in [3.63, 3.8) is 0 Å². The fraction of sp³-hybridized carbons (Fsp3) is 0.421. The molecule has 1 fully saturated rings. The van der Waals surface area contributed by atoms with Crippen molar-refractivity contribution < 1.29 is 17.9 Å². The van der Waals surface area contributed by atoms with Gasteiger partial charge < -0.3 is 9.64 Å². The molecular weight excluding hydrogens is 384 g/mol. The molecule has 1 amide bonds. The standard InChI is InChI=1S/C19H24N2O4S2/c1-2-25-16-8-10-21(11-9-16)19(22)15-5-3-7-18(13-15)27(23,24)20-14-17-6-4-12-26-17/h3-7,12-13,16,20H,2,8-11,14H2,1H3. The Morgan fingerprint density at radius 1 is 1.26 bits per heavy atom. The van der Waals surface area contributed by atoms with Crippen molar-refractivity contribution in [2.45, 2.75) is 37.3 Å². The largest absolute Gasteiger partial charge is 0.378 e. The van der Waals surface area contributed by atoms with Gasteiger partial charge in [-0.15, -0.1) is 11.3 Å². The summed E-state index contributed by atoms with van der Waals surface area (Å²) < 4.78 is 33.3. The van der Waals surface area contributed by atoms with Crippen LogP contribution in [0, 0.1) is 0 Å². The van der Waals surface area contributed by atoms with Gasteiger partial charge in [0.05, 0.1) is 11.0 Å². The van der Waals surface area contributed by atoms with E-state index in [1.54, 1.807) is 17.0 Å². The molecule has 0 saturated carbocycles. The zero-order valence-electron chi connectivity index (χ0n) is 15.3. The molecule has 1 N–H and O–H groups in total. The van der Waals surface area contributed by atoms with Crippen LogP contribution in [-0.4, -0.2) is 45.0 Å². The number of thiophene rings is 1. The van der Waals surface area contributed by atoms with Gasteiger partial charge in [0.25, 0.3) is 5.91 Å². The number of carbonyl (C=O) groups excluding carboxylic acids is 1. The summed E-state index contributed by atoms with van der Waals surface area (Å²) in [5.74, 6) is -0.139. The fourth-order valence-electron chi connectivity index (χ4n) is 3.10. The van der Waals surface area contributed by atoms with E-state index in [4.69, 9.17) is 4.74 Å². The van der Waals surface area contributed by atoms with Gasteiger partial charge in [0.1, 0.15) is 0 Å². The van der Waals surface area contributed by atoms with E-state index >= 15 is 0 Å². The number of nitrogens with zero attached hydrogens (tertiary/aromatic N) is 1. The second-order valence-corrected chi connectivity index (χ2v) is 9.18. The second-order valence-electron chi connectivity index (χ2n) is 6.38. The molecule has 146 valence electrons. The van der Waals surface area contributed by atoms with Crippen molar-refractivity contribution in [1.29, 1.82) is 0 Å². The Morgan fingerprint density at radius 3 is 2.70 bits per heavy atom. The highest BCUT2D eigenvalue weighted by Crippen LogP contribution is 2.19. The third-order valence-corrected chi connectivity index (χ3v) is 6.81. The molecular formula is C19H24N2O4S2. The third-order valence-electron chi connectivity index (χ3n) is 4.54. The number of carbonyl (C=O) groups is 1. The maximum atomic E-state index is 12.8. The highest BCUT2D eigenvalue weighted by molar-refractivity contribution is 7.89. The Balaban J connectivity index is 1.66. The molecule has 0 bridgehead atoms. The van der Waals surface area contributed by atoms with Crippen LogP contribution in [0.25, 0.3) is 0 Å². The normalized spacial score (nSPS) is 15.8. The molecule has 1 aromatic heterocycles. The van der Waals surface area contributed by atoms with Crippen molar-refractivity contribution >= 4 is 27.3 Å². The van der Waals surface area contributed by atoms with E-state index < -0.39 is 10.0 Å². The molecule has 6 nitrogen and oxygen atoms in total. The van der Waals surface area contributed by atoms with Gasteiger partial charge in [0.15, 0.2) is 0 Å². The van der Waals surface area contributed by atoms with Gasteiger partial charge in [0, 0.05) is 36.7 Å². The predicted molar refractivity (Wildman–Crippen MR) is 105 cm³/mol. The van der Waals surface area contributed by atoms with Gasteiger partial charge in [-0.05, 0) is 49.4 Å². The number of hydrogen-bond donors (Lipinski definition) is 1. The van der Waals surface area contributed by atoms with Gasteiger partial charge >= 0.3 is 0 Å². The lowest BCUT2D eigenvalue weighted by Crippen LogP contribution is -2.41. The van der Waals surface area contributed by atoms with Gasteiger partial charge in [-0.3, -0.25) is 4.79 Å². The summed E-state index contributed by atoms with van der Waals surface area (Å²) in [6.07, 6.45) is 1.81. The summed E-state index contributed by atoms with van der Waals surface area (Å²) >= 11 is 1.49. The van der Waals surface area contributed by atoms with E-state index in [0.29, 0.717) is 25.3 Å². The van der Waals surface area contributed by atoms with E-state index in [2.05, 4.69) is 4.72 Å². The van der Waals surface area contributed by atoms with Crippen LogP contribution in [0.4, 0.5) is 0 Å². The molecule has 0 aliphatic carbocycles. The highest BCUT2D eigenvalue weighted by Gasteiger charge is 2.25. The monoisotopic (exact) mass is 408 g/mol. The van der Waals surface area contributed by atoms with E-state index in [-0.39, 0.29) is 23.5 Å². The van der Waals surface area contributed by atoms with Crippen molar-refractivity contribution in [3.05, 3.63) is 52.2 Å². The first kappa shape index (κ1) is 20.0. The SMILES string of the molecule is CCOC1CCN(C(=O)c2cccc(S(=O)(=O)NCc3cccs3)c2)CC1. The van der Waals surface area contributed by atoms with E-state index in [1.807, 2.05) is 24.4 Å². The number of hydrogen-bond acceptors (Lipinski definition) is 5. The summed E-state index contributed by atoms with van der Waals surface area (Å²) in [4.78, 5) is 15.6. The Bertz CT molecular complexity index is 858. The number of rotatable bonds is 7. The molecule has 0 spiro atoms. The van der Waals surface area contributed by atoms with Crippen LogP contribution in [0.1, 0.15) is 35.0 Å². The first-order valence-corrected chi connectivity index (χ1v) is 11.4. The lowest BCUT2D eigenvalue weighted by Gasteiger charge is -2.31. The molecule has 8 heteroatoms. The fourth-order valence-corrected chi connectivity index (χ4v) is 4.89. The lowest BCUT2D eigenvalue weighted by molar-refractivity contribution is 0.0146. The van der Waals surface area contributed by atoms with Crippen molar-refractivity contribution in [1.82, 2.24) is 9.62 Å². The molecule has 27 heavy (non-hydrogen) atoms. The minimum Gasteiger partial charge on any atom is -0.378 e. The van der Waals surface area contributed by atoms with Crippen LogP contribution < -0.4 is 4.72 Å². The van der Waals surface area contributed by atoms with Gasteiger partial charge in [0.2, 0.25) is 10.0 Å². The Kier molecular flexibility index (Phi) is 6.64. The zero-order valence-corrected chi connectivity index (χ0v) is 16.9. The molecule has 0 radical (unpaired) electrons. The highest BCUT2D eigenvalue weighted by atomic mass is 32.2. The van der Waals surface area contributed by atoms with Crippen LogP contribution >= 0.6 is 11.3 Å². The number of piperidine rings is 1. The molecule has 1 saturated heterocycles. The van der Waals surface area contributed by atoms with E-state index in [9.17, 15) is 13.2 Å². The zero-order chi connectivity index (χ0) is 19.3. The Labute approximate surface area is 164 Å². The van der Waals surface area contributed by atoms with E-state index in [0.717, 1.165) is 17.7 Å². The first-order chi connectivity index (χ1) is 13.0. The predicted octanol–water partition coefficient (Wildman–Crippen LogP) is 2.87. The molecule has 0 unspecified atom stereocenters. The molecule has 3 rings (SSSR count). The Morgan fingerprint density at radius 2 is 2.04 bits per heavy atom. The van der Waals surface area contributed by atoms with Crippen LogP contribution in [0.2, 0.25) is 0 Å². The van der Waals surface area contributed by atoms with Gasteiger partial charge in [-0.2, -0.15) is 0 Å². The molecule has 1 aliphatic rings. The maximum Gasteiger partial charge on any atom is 0.253 e. The molecule has 1 aliphatic heterocycles. The minimum atomic E-state index is -3.67.